The maximum atomic E-state index is 12.2. The van der Waals surface area contributed by atoms with Crippen molar-refractivity contribution in [3.8, 4) is 5.88 Å². The molecule has 0 spiro atoms. The monoisotopic (exact) mass is 310 g/mol. The van der Waals surface area contributed by atoms with E-state index < -0.39 is 6.04 Å². The number of alkyl halides is 1. The first-order valence-electron chi connectivity index (χ1n) is 6.84. The van der Waals surface area contributed by atoms with Crippen LogP contribution in [-0.4, -0.2) is 34.1 Å². The molecule has 21 heavy (non-hydrogen) atoms. The van der Waals surface area contributed by atoms with Crippen LogP contribution in [0.5, 0.6) is 5.88 Å². The Morgan fingerprint density at radius 1 is 1.43 bits per heavy atom. The number of carbonyl (C=O) groups excluding carboxylic acids is 1. The maximum absolute atomic E-state index is 12.2. The van der Waals surface area contributed by atoms with Crippen LogP contribution in [0, 0.1) is 0 Å². The Balaban J connectivity index is 2.61. The van der Waals surface area contributed by atoms with Crippen molar-refractivity contribution in [2.45, 2.75) is 32.2 Å². The van der Waals surface area contributed by atoms with Crippen molar-refractivity contribution < 1.29 is 9.53 Å². The van der Waals surface area contributed by atoms with Gasteiger partial charge in [-0.15, -0.1) is 11.6 Å². The summed E-state index contributed by atoms with van der Waals surface area (Å²) in [5.41, 5.74) is 1.28. The zero-order valence-corrected chi connectivity index (χ0v) is 13.3. The minimum atomic E-state index is -0.453. The standard InChI is InChI=1S/C14H19ClN4O2/c1-5-16-14(20)9(3)19-12(8(2)15)17-10-6-7-11(21-4)18-13(10)19/h6-9H,5H2,1-4H3,(H,16,20). The summed E-state index contributed by atoms with van der Waals surface area (Å²) in [6.45, 7) is 6.07. The SMILES string of the molecule is CCNC(=O)C(C)n1c(C(C)Cl)nc2ccc(OC)nc21. The van der Waals surface area contributed by atoms with Gasteiger partial charge in [0.2, 0.25) is 11.8 Å². The summed E-state index contributed by atoms with van der Waals surface area (Å²) >= 11 is 6.21. The van der Waals surface area contributed by atoms with E-state index in [9.17, 15) is 4.79 Å². The number of halogens is 1. The Morgan fingerprint density at radius 2 is 2.14 bits per heavy atom. The highest BCUT2D eigenvalue weighted by Crippen LogP contribution is 2.28. The van der Waals surface area contributed by atoms with Crippen LogP contribution in [0.1, 0.15) is 38.0 Å². The van der Waals surface area contributed by atoms with Crippen LogP contribution in [0.4, 0.5) is 0 Å². The molecule has 0 fully saturated rings. The predicted octanol–water partition coefficient (Wildman–Crippen LogP) is 2.44. The molecule has 1 N–H and O–H groups in total. The Morgan fingerprint density at radius 3 is 2.71 bits per heavy atom. The normalized spacial score (nSPS) is 14.0. The molecule has 1 amide bonds. The highest BCUT2D eigenvalue weighted by molar-refractivity contribution is 6.20. The van der Waals surface area contributed by atoms with Crippen LogP contribution in [0.25, 0.3) is 11.2 Å². The van der Waals surface area contributed by atoms with Gasteiger partial charge in [-0.2, -0.15) is 4.98 Å². The fraction of sp³-hybridized carbons (Fsp3) is 0.500. The molecule has 2 aromatic rings. The molecular weight excluding hydrogens is 292 g/mol. The second-order valence-corrected chi connectivity index (χ2v) is 5.38. The molecule has 0 aliphatic carbocycles. The smallest absolute Gasteiger partial charge is 0.242 e. The number of fused-ring (bicyclic) bond motifs is 1. The van der Waals surface area contributed by atoms with Crippen molar-refractivity contribution in [2.24, 2.45) is 0 Å². The second kappa shape index (κ2) is 6.30. The number of methoxy groups -OCH3 is 1. The summed E-state index contributed by atoms with van der Waals surface area (Å²) in [6, 6.07) is 3.09. The van der Waals surface area contributed by atoms with Crippen LogP contribution in [0.2, 0.25) is 0 Å². The summed E-state index contributed by atoms with van der Waals surface area (Å²) in [5.74, 6) is 0.992. The third-order valence-electron chi connectivity index (χ3n) is 3.22. The fourth-order valence-corrected chi connectivity index (χ4v) is 2.34. The number of carbonyl (C=O) groups is 1. The largest absolute Gasteiger partial charge is 0.481 e. The van der Waals surface area contributed by atoms with Gasteiger partial charge in [-0.1, -0.05) is 0 Å². The number of nitrogens with zero attached hydrogens (tertiary/aromatic N) is 3. The number of ether oxygens (including phenoxy) is 1. The summed E-state index contributed by atoms with van der Waals surface area (Å²) in [5, 5.41) is 2.47. The van der Waals surface area contributed by atoms with Gasteiger partial charge in [0.15, 0.2) is 5.65 Å². The zero-order chi connectivity index (χ0) is 15.6. The molecule has 0 aromatic carbocycles. The van der Waals surface area contributed by atoms with E-state index in [-0.39, 0.29) is 11.3 Å². The number of hydrogen-bond acceptors (Lipinski definition) is 4. The molecule has 2 atom stereocenters. The van der Waals surface area contributed by atoms with E-state index >= 15 is 0 Å². The van der Waals surface area contributed by atoms with E-state index in [4.69, 9.17) is 16.3 Å². The van der Waals surface area contributed by atoms with Crippen LogP contribution in [-0.2, 0) is 4.79 Å². The van der Waals surface area contributed by atoms with Crippen LogP contribution < -0.4 is 10.1 Å². The molecular formula is C14H19ClN4O2. The first-order valence-corrected chi connectivity index (χ1v) is 7.27. The number of pyridine rings is 1. The summed E-state index contributed by atoms with van der Waals surface area (Å²) in [4.78, 5) is 21.0. The quantitative estimate of drug-likeness (QED) is 0.861. The Kier molecular flexibility index (Phi) is 4.67. The lowest BCUT2D eigenvalue weighted by molar-refractivity contribution is -0.123. The third-order valence-corrected chi connectivity index (χ3v) is 3.42. The maximum Gasteiger partial charge on any atom is 0.242 e. The van der Waals surface area contributed by atoms with Crippen LogP contribution >= 0.6 is 11.6 Å². The lowest BCUT2D eigenvalue weighted by atomic mass is 10.3. The zero-order valence-electron chi connectivity index (χ0n) is 12.6. The summed E-state index contributed by atoms with van der Waals surface area (Å²) in [6.07, 6.45) is 0. The number of amides is 1. The average Bonchev–Trinajstić information content (AvgIpc) is 2.85. The van der Waals surface area contributed by atoms with Gasteiger partial charge in [0.05, 0.1) is 12.5 Å². The summed E-state index contributed by atoms with van der Waals surface area (Å²) in [7, 11) is 1.55. The molecule has 2 heterocycles. The number of nitrogens with one attached hydrogen (secondary N) is 1. The van der Waals surface area contributed by atoms with Gasteiger partial charge >= 0.3 is 0 Å². The number of aromatic nitrogens is 3. The average molecular weight is 311 g/mol. The molecule has 0 saturated heterocycles. The lowest BCUT2D eigenvalue weighted by Crippen LogP contribution is -2.31. The molecule has 0 radical (unpaired) electrons. The predicted molar refractivity (Wildman–Crippen MR) is 81.7 cm³/mol. The van der Waals surface area contributed by atoms with E-state index in [2.05, 4.69) is 15.3 Å². The van der Waals surface area contributed by atoms with Gasteiger partial charge in [-0.25, -0.2) is 4.98 Å². The first kappa shape index (κ1) is 15.6. The second-order valence-electron chi connectivity index (χ2n) is 4.72. The van der Waals surface area contributed by atoms with Crippen molar-refractivity contribution >= 4 is 28.7 Å². The van der Waals surface area contributed by atoms with Gasteiger partial charge in [-0.05, 0) is 26.8 Å². The molecule has 7 heteroatoms. The number of hydrogen-bond donors (Lipinski definition) is 1. The molecule has 0 aliphatic rings. The van der Waals surface area contributed by atoms with Crippen molar-refractivity contribution in [3.63, 3.8) is 0 Å². The van der Waals surface area contributed by atoms with E-state index in [1.807, 2.05) is 19.9 Å². The van der Waals surface area contributed by atoms with Gasteiger partial charge in [0, 0.05) is 12.6 Å². The first-order chi connectivity index (χ1) is 9.99. The molecule has 2 aromatic heterocycles. The van der Waals surface area contributed by atoms with Crippen molar-refractivity contribution in [3.05, 3.63) is 18.0 Å². The van der Waals surface area contributed by atoms with E-state index in [0.717, 1.165) is 0 Å². The van der Waals surface area contributed by atoms with Crippen LogP contribution in [0.15, 0.2) is 12.1 Å². The molecule has 2 rings (SSSR count). The van der Waals surface area contributed by atoms with Crippen molar-refractivity contribution in [1.82, 2.24) is 19.9 Å². The third kappa shape index (κ3) is 2.95. The molecule has 6 nitrogen and oxygen atoms in total. The molecule has 0 saturated carbocycles. The van der Waals surface area contributed by atoms with Crippen molar-refractivity contribution in [2.75, 3.05) is 13.7 Å². The van der Waals surface area contributed by atoms with E-state index in [0.29, 0.717) is 29.4 Å². The van der Waals surface area contributed by atoms with Gasteiger partial charge in [0.1, 0.15) is 17.4 Å². The minimum Gasteiger partial charge on any atom is -0.481 e. The van der Waals surface area contributed by atoms with Gasteiger partial charge < -0.3 is 10.1 Å². The topological polar surface area (TPSA) is 69.0 Å². The molecule has 114 valence electrons. The van der Waals surface area contributed by atoms with Crippen molar-refractivity contribution in [1.29, 1.82) is 0 Å². The number of imidazole rings is 1. The Labute approximate surface area is 128 Å². The van der Waals surface area contributed by atoms with E-state index in [1.54, 1.807) is 24.7 Å². The molecule has 0 bridgehead atoms. The highest BCUT2D eigenvalue weighted by Gasteiger charge is 2.24. The highest BCUT2D eigenvalue weighted by atomic mass is 35.5. The fourth-order valence-electron chi connectivity index (χ4n) is 2.19. The van der Waals surface area contributed by atoms with Gasteiger partial charge in [0.25, 0.3) is 0 Å². The number of rotatable bonds is 5. The minimum absolute atomic E-state index is 0.0972. The van der Waals surface area contributed by atoms with Gasteiger partial charge in [-0.3, -0.25) is 9.36 Å². The Hall–Kier alpha value is -1.82. The summed E-state index contributed by atoms with van der Waals surface area (Å²) < 4.78 is 6.91. The Bertz CT molecular complexity index is 654. The lowest BCUT2D eigenvalue weighted by Gasteiger charge is -2.17. The van der Waals surface area contributed by atoms with Crippen LogP contribution in [0.3, 0.4) is 0 Å². The van der Waals surface area contributed by atoms with E-state index in [1.165, 1.54) is 0 Å². The molecule has 2 unspecified atom stereocenters. The number of likely N-dealkylation sites (N-methyl/N-ethyl adjacent to an activating group) is 1. The molecule has 0 aliphatic heterocycles.